The number of hydrogen-bond donors (Lipinski definition) is 1. The summed E-state index contributed by atoms with van der Waals surface area (Å²) in [7, 11) is 2.21. The van der Waals surface area contributed by atoms with Gasteiger partial charge in [0.1, 0.15) is 0 Å². The van der Waals surface area contributed by atoms with Crippen LogP contribution in [0.15, 0.2) is 12.7 Å². The third kappa shape index (κ3) is 3.12. The minimum absolute atomic E-state index is 0.445. The summed E-state index contributed by atoms with van der Waals surface area (Å²) in [6.45, 7) is 9.46. The summed E-state index contributed by atoms with van der Waals surface area (Å²) >= 11 is 0. The first-order valence-corrected chi connectivity index (χ1v) is 5.22. The van der Waals surface area contributed by atoms with Crippen LogP contribution < -0.4 is 5.32 Å². The number of nitrogens with one attached hydrogen (secondary N) is 1. The molecule has 1 N–H and O–H groups in total. The maximum absolute atomic E-state index is 3.79. The van der Waals surface area contributed by atoms with Gasteiger partial charge in [-0.3, -0.25) is 0 Å². The molecule has 0 radical (unpaired) electrons. The van der Waals surface area contributed by atoms with E-state index in [9.17, 15) is 0 Å². The lowest BCUT2D eigenvalue weighted by atomic mass is 9.98. The lowest BCUT2D eigenvalue weighted by Gasteiger charge is -2.36. The lowest BCUT2D eigenvalue weighted by molar-refractivity contribution is 0.166. The van der Waals surface area contributed by atoms with Crippen molar-refractivity contribution >= 4 is 0 Å². The third-order valence-corrected chi connectivity index (χ3v) is 3.06. The van der Waals surface area contributed by atoms with Crippen LogP contribution in [0.5, 0.6) is 0 Å². The van der Waals surface area contributed by atoms with Gasteiger partial charge in [0.25, 0.3) is 0 Å². The van der Waals surface area contributed by atoms with Crippen LogP contribution in [0.25, 0.3) is 0 Å². The van der Waals surface area contributed by atoms with Gasteiger partial charge in [0.2, 0.25) is 0 Å². The van der Waals surface area contributed by atoms with Gasteiger partial charge in [-0.2, -0.15) is 0 Å². The molecule has 0 amide bonds. The number of hydrogen-bond acceptors (Lipinski definition) is 2. The van der Waals surface area contributed by atoms with Gasteiger partial charge in [-0.1, -0.05) is 6.08 Å². The fraction of sp³-hybridized carbons (Fsp3) is 0.818. The molecule has 1 saturated heterocycles. The summed E-state index contributed by atoms with van der Waals surface area (Å²) < 4.78 is 0. The molecular weight excluding hydrogens is 160 g/mol. The SMILES string of the molecule is C=CC(C)NC1CCN(C)C(C)C1. The van der Waals surface area contributed by atoms with Crippen molar-refractivity contribution in [2.45, 2.75) is 44.8 Å². The number of rotatable bonds is 3. The first-order valence-electron chi connectivity index (χ1n) is 5.22. The molecule has 2 nitrogen and oxygen atoms in total. The average molecular weight is 182 g/mol. The molecule has 2 heteroatoms. The Hall–Kier alpha value is -0.340. The highest BCUT2D eigenvalue weighted by atomic mass is 15.1. The minimum atomic E-state index is 0.445. The third-order valence-electron chi connectivity index (χ3n) is 3.06. The second-order valence-electron chi connectivity index (χ2n) is 4.24. The molecule has 0 aliphatic carbocycles. The van der Waals surface area contributed by atoms with Gasteiger partial charge in [0.05, 0.1) is 0 Å². The first kappa shape index (κ1) is 10.7. The van der Waals surface area contributed by atoms with Crippen molar-refractivity contribution in [1.82, 2.24) is 10.2 Å². The van der Waals surface area contributed by atoms with Gasteiger partial charge in [-0.05, 0) is 40.3 Å². The van der Waals surface area contributed by atoms with Gasteiger partial charge in [-0.15, -0.1) is 6.58 Å². The largest absolute Gasteiger partial charge is 0.308 e. The van der Waals surface area contributed by atoms with Crippen molar-refractivity contribution in [2.24, 2.45) is 0 Å². The van der Waals surface area contributed by atoms with E-state index in [1.807, 2.05) is 6.08 Å². The Morgan fingerprint density at radius 3 is 2.85 bits per heavy atom. The summed E-state index contributed by atoms with van der Waals surface area (Å²) in [6, 6.07) is 1.84. The molecule has 0 spiro atoms. The molecule has 0 aromatic carbocycles. The molecule has 3 unspecified atom stereocenters. The predicted octanol–water partition coefficient (Wildman–Crippen LogP) is 1.63. The van der Waals surface area contributed by atoms with Crippen molar-refractivity contribution < 1.29 is 0 Å². The molecule has 0 aromatic rings. The zero-order chi connectivity index (χ0) is 9.84. The standard InChI is InChI=1S/C11H22N2/c1-5-9(2)12-11-6-7-13(4)10(3)8-11/h5,9-12H,1,6-8H2,2-4H3. The summed E-state index contributed by atoms with van der Waals surface area (Å²) in [5.74, 6) is 0. The van der Waals surface area contributed by atoms with Crippen LogP contribution in [0.3, 0.4) is 0 Å². The zero-order valence-corrected chi connectivity index (χ0v) is 9.09. The Morgan fingerprint density at radius 2 is 2.31 bits per heavy atom. The molecule has 1 rings (SSSR count). The van der Waals surface area contributed by atoms with E-state index in [0.717, 1.165) is 0 Å². The van der Waals surface area contributed by atoms with Gasteiger partial charge < -0.3 is 10.2 Å². The Kier molecular flexibility index (Phi) is 3.94. The van der Waals surface area contributed by atoms with Crippen LogP contribution in [0.1, 0.15) is 26.7 Å². The minimum Gasteiger partial charge on any atom is -0.308 e. The second-order valence-corrected chi connectivity index (χ2v) is 4.24. The van der Waals surface area contributed by atoms with Crippen LogP contribution in [-0.2, 0) is 0 Å². The van der Waals surface area contributed by atoms with Crippen LogP contribution in [0, 0.1) is 0 Å². The Balaban J connectivity index is 2.33. The zero-order valence-electron chi connectivity index (χ0n) is 9.09. The molecule has 3 atom stereocenters. The first-order chi connectivity index (χ1) is 6.13. The van der Waals surface area contributed by atoms with E-state index in [2.05, 4.69) is 37.7 Å². The van der Waals surface area contributed by atoms with E-state index < -0.39 is 0 Å². The topological polar surface area (TPSA) is 15.3 Å². The Bertz CT molecular complexity index is 167. The van der Waals surface area contributed by atoms with Gasteiger partial charge in [0, 0.05) is 18.1 Å². The smallest absolute Gasteiger partial charge is 0.0221 e. The van der Waals surface area contributed by atoms with Gasteiger partial charge in [0.15, 0.2) is 0 Å². The molecule has 1 aliphatic rings. The van der Waals surface area contributed by atoms with Crippen molar-refractivity contribution in [1.29, 1.82) is 0 Å². The fourth-order valence-corrected chi connectivity index (χ4v) is 1.88. The fourth-order valence-electron chi connectivity index (χ4n) is 1.88. The van der Waals surface area contributed by atoms with Crippen molar-refractivity contribution in [3.63, 3.8) is 0 Å². The quantitative estimate of drug-likeness (QED) is 0.667. The summed E-state index contributed by atoms with van der Waals surface area (Å²) in [4.78, 5) is 2.43. The molecule has 0 bridgehead atoms. The summed E-state index contributed by atoms with van der Waals surface area (Å²) in [5.41, 5.74) is 0. The Labute approximate surface area is 82.0 Å². The maximum atomic E-state index is 3.79. The summed E-state index contributed by atoms with van der Waals surface area (Å²) in [6.07, 6.45) is 4.50. The molecule has 1 fully saturated rings. The van der Waals surface area contributed by atoms with Crippen molar-refractivity contribution in [3.05, 3.63) is 12.7 Å². The van der Waals surface area contributed by atoms with Crippen LogP contribution in [0.4, 0.5) is 0 Å². The molecular formula is C11H22N2. The van der Waals surface area contributed by atoms with Gasteiger partial charge in [-0.25, -0.2) is 0 Å². The molecule has 13 heavy (non-hydrogen) atoms. The van der Waals surface area contributed by atoms with Crippen LogP contribution >= 0.6 is 0 Å². The summed E-state index contributed by atoms with van der Waals surface area (Å²) in [5, 5.41) is 3.57. The molecule has 76 valence electrons. The molecule has 1 aliphatic heterocycles. The van der Waals surface area contributed by atoms with Crippen molar-refractivity contribution in [3.8, 4) is 0 Å². The van der Waals surface area contributed by atoms with Crippen LogP contribution in [-0.4, -0.2) is 36.6 Å². The van der Waals surface area contributed by atoms with Crippen LogP contribution in [0.2, 0.25) is 0 Å². The van der Waals surface area contributed by atoms with E-state index in [-0.39, 0.29) is 0 Å². The van der Waals surface area contributed by atoms with E-state index in [0.29, 0.717) is 18.1 Å². The van der Waals surface area contributed by atoms with E-state index in [1.165, 1.54) is 19.4 Å². The molecule has 0 saturated carbocycles. The lowest BCUT2D eigenvalue weighted by Crippen LogP contribution is -2.47. The van der Waals surface area contributed by atoms with E-state index in [1.54, 1.807) is 0 Å². The highest BCUT2D eigenvalue weighted by molar-refractivity contribution is 4.88. The number of nitrogens with zero attached hydrogens (tertiary/aromatic N) is 1. The predicted molar refractivity (Wildman–Crippen MR) is 57.9 cm³/mol. The number of likely N-dealkylation sites (tertiary alicyclic amines) is 1. The van der Waals surface area contributed by atoms with E-state index in [4.69, 9.17) is 0 Å². The molecule has 1 heterocycles. The highest BCUT2D eigenvalue weighted by Crippen LogP contribution is 2.15. The molecule has 0 aromatic heterocycles. The van der Waals surface area contributed by atoms with E-state index >= 15 is 0 Å². The number of piperidine rings is 1. The normalized spacial score (nSPS) is 32.8. The second kappa shape index (κ2) is 4.77. The Morgan fingerprint density at radius 1 is 1.62 bits per heavy atom. The highest BCUT2D eigenvalue weighted by Gasteiger charge is 2.22. The maximum Gasteiger partial charge on any atom is 0.0221 e. The van der Waals surface area contributed by atoms with Gasteiger partial charge >= 0.3 is 0 Å². The van der Waals surface area contributed by atoms with Crippen molar-refractivity contribution in [2.75, 3.05) is 13.6 Å². The monoisotopic (exact) mass is 182 g/mol. The average Bonchev–Trinajstić information content (AvgIpc) is 2.11.